The average Bonchev–Trinajstić information content (AvgIpc) is 3.22. The molecule has 0 bridgehead atoms. The summed E-state index contributed by atoms with van der Waals surface area (Å²) in [5, 5.41) is 14.7. The fourth-order valence-corrected chi connectivity index (χ4v) is 4.55. The van der Waals surface area contributed by atoms with Gasteiger partial charge in [-0.05, 0) is 24.3 Å². The summed E-state index contributed by atoms with van der Waals surface area (Å²) in [5.41, 5.74) is 1.19. The van der Waals surface area contributed by atoms with Crippen LogP contribution in [0.3, 0.4) is 0 Å². The van der Waals surface area contributed by atoms with E-state index in [1.165, 1.54) is 18.2 Å². The lowest BCUT2D eigenvalue weighted by Gasteiger charge is -2.34. The molecular formula is C21H23N5O4S. The third-order valence-electron chi connectivity index (χ3n) is 5.26. The Hall–Kier alpha value is -3.24. The van der Waals surface area contributed by atoms with E-state index in [-0.39, 0.29) is 11.6 Å². The average molecular weight is 442 g/mol. The molecule has 0 spiro atoms. The summed E-state index contributed by atoms with van der Waals surface area (Å²) >= 11 is 1.67. The van der Waals surface area contributed by atoms with Crippen molar-refractivity contribution in [1.29, 1.82) is 0 Å². The van der Waals surface area contributed by atoms with Crippen LogP contribution in [0, 0.1) is 10.1 Å². The molecule has 0 atom stereocenters. The number of anilines is 1. The van der Waals surface area contributed by atoms with Crippen LogP contribution < -0.4 is 15.0 Å². The van der Waals surface area contributed by atoms with E-state index in [2.05, 4.69) is 15.1 Å². The number of amides is 1. The smallest absolute Gasteiger partial charge is 0.270 e. The van der Waals surface area contributed by atoms with E-state index in [0.717, 1.165) is 53.8 Å². The minimum absolute atomic E-state index is 0.0861. The first-order valence-electron chi connectivity index (χ1n) is 9.98. The number of fused-ring (bicyclic) bond motifs is 1. The van der Waals surface area contributed by atoms with Crippen molar-refractivity contribution >= 4 is 38.3 Å². The maximum atomic E-state index is 12.3. The maximum absolute atomic E-state index is 12.3. The normalized spacial score (nSPS) is 14.5. The molecule has 162 valence electrons. The van der Waals surface area contributed by atoms with Gasteiger partial charge in [-0.2, -0.15) is 0 Å². The second-order valence-corrected chi connectivity index (χ2v) is 8.23. The van der Waals surface area contributed by atoms with Gasteiger partial charge in [-0.3, -0.25) is 19.8 Å². The number of nitrogens with one attached hydrogen (secondary N) is 1. The zero-order valence-electron chi connectivity index (χ0n) is 17.1. The lowest BCUT2D eigenvalue weighted by atomic mass is 10.2. The zero-order valence-corrected chi connectivity index (χ0v) is 17.9. The van der Waals surface area contributed by atoms with Gasteiger partial charge in [0, 0.05) is 57.0 Å². The third-order valence-corrected chi connectivity index (χ3v) is 6.34. The molecule has 3 aromatic rings. The lowest BCUT2D eigenvalue weighted by Crippen LogP contribution is -2.48. The lowest BCUT2D eigenvalue weighted by molar-refractivity contribution is -0.384. The summed E-state index contributed by atoms with van der Waals surface area (Å²) in [6.45, 7) is 4.72. The van der Waals surface area contributed by atoms with Crippen LogP contribution in [-0.4, -0.2) is 67.1 Å². The van der Waals surface area contributed by atoms with Crippen molar-refractivity contribution < 1.29 is 14.5 Å². The summed E-state index contributed by atoms with van der Waals surface area (Å²) in [6, 6.07) is 11.7. The number of methoxy groups -OCH3 is 1. The molecular weight excluding hydrogens is 418 g/mol. The molecule has 4 rings (SSSR count). The molecule has 2 aromatic carbocycles. The minimum Gasteiger partial charge on any atom is -0.497 e. The van der Waals surface area contributed by atoms with Crippen LogP contribution in [0.25, 0.3) is 10.2 Å². The van der Waals surface area contributed by atoms with Crippen LogP contribution >= 0.6 is 11.3 Å². The second kappa shape index (κ2) is 9.27. The molecule has 0 aliphatic carbocycles. The number of nitrogens with zero attached hydrogens (tertiary/aromatic N) is 4. The fraction of sp³-hybridized carbons (Fsp3) is 0.333. The summed E-state index contributed by atoms with van der Waals surface area (Å²) in [6.07, 6.45) is 0. The van der Waals surface area contributed by atoms with Gasteiger partial charge in [-0.25, -0.2) is 4.98 Å². The van der Waals surface area contributed by atoms with Crippen LogP contribution in [-0.2, 0) is 0 Å². The van der Waals surface area contributed by atoms with Crippen molar-refractivity contribution in [3.63, 3.8) is 0 Å². The number of nitro benzene ring substituents is 1. The van der Waals surface area contributed by atoms with Crippen molar-refractivity contribution in [1.82, 2.24) is 15.2 Å². The first kappa shape index (κ1) is 21.0. The standard InChI is InChI=1S/C21H23N5O4S/c1-30-17-5-6-18-19(14-17)31-21(23-18)25-11-9-24(10-12-25)8-7-22-20(27)15-3-2-4-16(13-15)26(28)29/h2-6,13-14H,7-12H2,1H3,(H,22,27). The first-order chi connectivity index (χ1) is 15.0. The molecule has 0 radical (unpaired) electrons. The Balaban J connectivity index is 1.25. The molecule has 9 nitrogen and oxygen atoms in total. The number of aromatic nitrogens is 1. The van der Waals surface area contributed by atoms with Crippen LogP contribution in [0.1, 0.15) is 10.4 Å². The number of thiazole rings is 1. The van der Waals surface area contributed by atoms with Crippen molar-refractivity contribution in [2.75, 3.05) is 51.3 Å². The monoisotopic (exact) mass is 441 g/mol. The Morgan fingerprint density at radius 2 is 2.03 bits per heavy atom. The summed E-state index contributed by atoms with van der Waals surface area (Å²) < 4.78 is 6.40. The highest BCUT2D eigenvalue weighted by atomic mass is 32.1. The number of carbonyl (C=O) groups excluding carboxylic acids is 1. The van der Waals surface area contributed by atoms with Crippen molar-refractivity contribution in [2.24, 2.45) is 0 Å². The van der Waals surface area contributed by atoms with Crippen LogP contribution in [0.5, 0.6) is 5.75 Å². The number of piperazine rings is 1. The van der Waals surface area contributed by atoms with Gasteiger partial charge in [0.25, 0.3) is 11.6 Å². The molecule has 2 heterocycles. The SMILES string of the molecule is COc1ccc2nc(N3CCN(CCNC(=O)c4cccc([N+](=O)[O-])c4)CC3)sc2c1. The van der Waals surface area contributed by atoms with E-state index < -0.39 is 4.92 Å². The van der Waals surface area contributed by atoms with Gasteiger partial charge in [0.15, 0.2) is 5.13 Å². The highest BCUT2D eigenvalue weighted by Gasteiger charge is 2.20. The number of hydrogen-bond acceptors (Lipinski definition) is 8. The fourth-order valence-electron chi connectivity index (χ4n) is 3.51. The van der Waals surface area contributed by atoms with Gasteiger partial charge >= 0.3 is 0 Å². The maximum Gasteiger partial charge on any atom is 0.270 e. The number of rotatable bonds is 7. The molecule has 1 aromatic heterocycles. The quantitative estimate of drug-likeness (QED) is 0.444. The topological polar surface area (TPSA) is 101 Å². The van der Waals surface area contributed by atoms with Gasteiger partial charge in [-0.15, -0.1) is 0 Å². The third kappa shape index (κ3) is 4.92. The number of carbonyl (C=O) groups is 1. The first-order valence-corrected chi connectivity index (χ1v) is 10.8. The number of benzene rings is 2. The summed E-state index contributed by atoms with van der Waals surface area (Å²) in [7, 11) is 1.66. The Labute approximate surface area is 183 Å². The Morgan fingerprint density at radius 1 is 1.23 bits per heavy atom. The Bertz CT molecular complexity index is 1090. The predicted molar refractivity (Wildman–Crippen MR) is 120 cm³/mol. The molecule has 0 saturated carbocycles. The van der Waals surface area contributed by atoms with E-state index in [1.807, 2.05) is 18.2 Å². The minimum atomic E-state index is -0.502. The van der Waals surface area contributed by atoms with Gasteiger partial charge in [0.05, 0.1) is 22.2 Å². The van der Waals surface area contributed by atoms with Gasteiger partial charge < -0.3 is 15.0 Å². The largest absolute Gasteiger partial charge is 0.497 e. The van der Waals surface area contributed by atoms with Crippen molar-refractivity contribution in [3.8, 4) is 5.75 Å². The highest BCUT2D eigenvalue weighted by molar-refractivity contribution is 7.22. The molecule has 1 aliphatic rings. The van der Waals surface area contributed by atoms with Gasteiger partial charge in [0.2, 0.25) is 0 Å². The number of hydrogen-bond donors (Lipinski definition) is 1. The van der Waals surface area contributed by atoms with Crippen LogP contribution in [0.15, 0.2) is 42.5 Å². The van der Waals surface area contributed by atoms with Crippen molar-refractivity contribution in [3.05, 3.63) is 58.1 Å². The Kier molecular flexibility index (Phi) is 6.28. The van der Waals surface area contributed by atoms with E-state index in [9.17, 15) is 14.9 Å². The number of ether oxygens (including phenoxy) is 1. The van der Waals surface area contributed by atoms with Gasteiger partial charge in [0.1, 0.15) is 5.75 Å². The molecule has 1 fully saturated rings. The van der Waals surface area contributed by atoms with Crippen LogP contribution in [0.2, 0.25) is 0 Å². The van der Waals surface area contributed by atoms with Crippen molar-refractivity contribution in [2.45, 2.75) is 0 Å². The van der Waals surface area contributed by atoms with E-state index in [4.69, 9.17) is 9.72 Å². The molecule has 31 heavy (non-hydrogen) atoms. The molecule has 10 heteroatoms. The molecule has 1 saturated heterocycles. The Morgan fingerprint density at radius 3 is 2.77 bits per heavy atom. The molecule has 0 unspecified atom stereocenters. The van der Waals surface area contributed by atoms with E-state index in [0.29, 0.717) is 12.1 Å². The van der Waals surface area contributed by atoms with Crippen LogP contribution in [0.4, 0.5) is 10.8 Å². The molecule has 1 amide bonds. The van der Waals surface area contributed by atoms with Gasteiger partial charge in [-0.1, -0.05) is 17.4 Å². The predicted octanol–water partition coefficient (Wildman–Crippen LogP) is 2.77. The zero-order chi connectivity index (χ0) is 21.8. The number of nitro groups is 1. The second-order valence-electron chi connectivity index (χ2n) is 7.22. The molecule has 1 N–H and O–H groups in total. The number of non-ortho nitro benzene ring substituents is 1. The summed E-state index contributed by atoms with van der Waals surface area (Å²) in [4.78, 5) is 31.9. The highest BCUT2D eigenvalue weighted by Crippen LogP contribution is 2.31. The molecule has 1 aliphatic heterocycles. The van der Waals surface area contributed by atoms with E-state index >= 15 is 0 Å². The van der Waals surface area contributed by atoms with E-state index in [1.54, 1.807) is 24.5 Å². The summed E-state index contributed by atoms with van der Waals surface area (Å²) in [5.74, 6) is 0.534.